The number of anilines is 1. The molecule has 0 saturated heterocycles. The van der Waals surface area contributed by atoms with Gasteiger partial charge in [-0.3, -0.25) is 24.6 Å². The Hall–Kier alpha value is -2.11. The van der Waals surface area contributed by atoms with Gasteiger partial charge in [-0.05, 0) is 30.3 Å². The number of hydrogen-bond acceptors (Lipinski definition) is 10. The first-order valence-electron chi connectivity index (χ1n) is 7.21. The van der Waals surface area contributed by atoms with Crippen molar-refractivity contribution in [1.82, 2.24) is 11.0 Å². The van der Waals surface area contributed by atoms with Gasteiger partial charge < -0.3 is 0 Å². The van der Waals surface area contributed by atoms with Crippen molar-refractivity contribution in [3.05, 3.63) is 58.1 Å². The molecular weight excluding hydrogens is 441 g/mol. The van der Waals surface area contributed by atoms with Crippen LogP contribution in [-0.2, 0) is 20.2 Å². The number of nitrogens with one attached hydrogen (secondary N) is 2. The molecule has 2 aromatic rings. The van der Waals surface area contributed by atoms with Crippen molar-refractivity contribution in [2.24, 2.45) is 5.10 Å². The van der Waals surface area contributed by atoms with Crippen LogP contribution < -0.4 is 45.6 Å². The third kappa shape index (κ3) is 5.09. The molecule has 0 unspecified atom stereocenters. The zero-order valence-electron chi connectivity index (χ0n) is 14.5. The topological polar surface area (TPSA) is 192 Å². The number of amidine groups is 1. The third-order valence-electron chi connectivity index (χ3n) is 3.57. The smallest absolute Gasteiger partial charge is 0.284 e. The number of nitrogens with zero attached hydrogens (tertiary/aromatic N) is 3. The van der Waals surface area contributed by atoms with Gasteiger partial charge in [0.1, 0.15) is 4.90 Å². The molecule has 1 aliphatic heterocycles. The van der Waals surface area contributed by atoms with E-state index in [1.54, 1.807) is 0 Å². The van der Waals surface area contributed by atoms with E-state index in [0.29, 0.717) is 11.8 Å². The number of nitro groups is 1. The van der Waals surface area contributed by atoms with Crippen LogP contribution >= 0.6 is 0 Å². The molecular formula is C13H11N5NaO8S2+. The van der Waals surface area contributed by atoms with E-state index in [9.17, 15) is 31.5 Å². The predicted octanol–water partition coefficient (Wildman–Crippen LogP) is -2.72. The quantitative estimate of drug-likeness (QED) is 0.159. The van der Waals surface area contributed by atoms with Crippen LogP contribution in [0.3, 0.4) is 0 Å². The molecule has 2 aromatic carbocycles. The second-order valence-electron chi connectivity index (χ2n) is 5.38. The average molecular weight is 452 g/mol. The van der Waals surface area contributed by atoms with Crippen LogP contribution in [0.25, 0.3) is 0 Å². The van der Waals surface area contributed by atoms with Crippen molar-refractivity contribution in [3.8, 4) is 0 Å². The molecule has 29 heavy (non-hydrogen) atoms. The Morgan fingerprint density at radius 1 is 1.00 bits per heavy atom. The van der Waals surface area contributed by atoms with Gasteiger partial charge in [0.2, 0.25) is 0 Å². The minimum Gasteiger partial charge on any atom is -0.284 e. The minimum atomic E-state index is -4.87. The first kappa shape index (κ1) is 23.2. The maximum atomic E-state index is 11.6. The van der Waals surface area contributed by atoms with E-state index in [0.717, 1.165) is 17.3 Å². The van der Waals surface area contributed by atoms with Crippen molar-refractivity contribution in [2.45, 2.75) is 9.79 Å². The second kappa shape index (κ2) is 8.33. The summed E-state index contributed by atoms with van der Waals surface area (Å²) in [6, 6.07) is 7.76. The molecule has 1 heterocycles. The maximum absolute atomic E-state index is 11.6. The van der Waals surface area contributed by atoms with Gasteiger partial charge in [0.25, 0.3) is 25.9 Å². The Labute approximate surface area is 186 Å². The summed E-state index contributed by atoms with van der Waals surface area (Å²) < 4.78 is 64.2. The summed E-state index contributed by atoms with van der Waals surface area (Å²) in [5.74, 6) is -0.104. The molecule has 0 amide bonds. The van der Waals surface area contributed by atoms with E-state index in [1.165, 1.54) is 24.3 Å². The number of nitro benzene ring substituents is 1. The zero-order valence-corrected chi connectivity index (χ0v) is 18.2. The molecule has 3 rings (SSSR count). The van der Waals surface area contributed by atoms with Gasteiger partial charge >= 0.3 is 29.6 Å². The van der Waals surface area contributed by atoms with Crippen LogP contribution in [0.15, 0.2) is 57.4 Å². The van der Waals surface area contributed by atoms with Crippen molar-refractivity contribution < 1.29 is 60.4 Å². The summed E-state index contributed by atoms with van der Waals surface area (Å²) in [5, 5.41) is 15.9. The molecule has 0 spiro atoms. The molecule has 13 nitrogen and oxygen atoms in total. The zero-order chi connectivity index (χ0) is 20.7. The summed E-state index contributed by atoms with van der Waals surface area (Å²) in [6.07, 6.45) is 0. The van der Waals surface area contributed by atoms with Gasteiger partial charge in [-0.1, -0.05) is 0 Å². The molecule has 0 aromatic heterocycles. The van der Waals surface area contributed by atoms with Crippen LogP contribution in [0.2, 0.25) is 0 Å². The number of hydrogen-bond donors (Lipinski definition) is 4. The SMILES string of the molecule is O=[N+]([O-])c1ccc(N2N=C(c3ccc(S(=O)(=O)O)cc3S(=O)(=O)O)NN2)cc1.[Na+]. The van der Waals surface area contributed by atoms with Crippen LogP contribution in [-0.4, -0.2) is 36.7 Å². The Bertz CT molecular complexity index is 1200. The van der Waals surface area contributed by atoms with Crippen LogP contribution in [0.4, 0.5) is 11.4 Å². The number of hydrazine groups is 2. The Kier molecular flexibility index (Phi) is 6.65. The molecule has 0 fully saturated rings. The van der Waals surface area contributed by atoms with Crippen LogP contribution in [0, 0.1) is 10.1 Å². The van der Waals surface area contributed by atoms with Crippen molar-refractivity contribution in [3.63, 3.8) is 0 Å². The fraction of sp³-hybridized carbons (Fsp3) is 0. The average Bonchev–Trinajstić information content (AvgIpc) is 3.09. The van der Waals surface area contributed by atoms with Gasteiger partial charge in [0.15, 0.2) is 5.84 Å². The molecule has 0 atom stereocenters. The number of non-ortho nitro benzene ring substituents is 1. The summed E-state index contributed by atoms with van der Waals surface area (Å²) in [5.41, 5.74) is 5.12. The molecule has 0 saturated carbocycles. The summed E-state index contributed by atoms with van der Waals surface area (Å²) in [4.78, 5) is 8.58. The van der Waals surface area contributed by atoms with Crippen molar-refractivity contribution in [1.29, 1.82) is 0 Å². The molecule has 0 bridgehead atoms. The van der Waals surface area contributed by atoms with Crippen LogP contribution in [0.5, 0.6) is 0 Å². The molecule has 4 N–H and O–H groups in total. The van der Waals surface area contributed by atoms with E-state index in [-0.39, 0.29) is 46.6 Å². The maximum Gasteiger partial charge on any atom is 1.00 e. The normalized spacial score (nSPS) is 14.0. The Morgan fingerprint density at radius 3 is 2.14 bits per heavy atom. The number of hydrazone groups is 1. The standard InChI is InChI=1S/C13H11N5O8S2.Na/c19-18(20)9-3-1-8(2-4-9)17-15-13(14-16-17)11-6-5-10(27(21,22)23)7-12(11)28(24,25)26;/h1-7,16H,(H,14,15)(H,21,22,23)(H,24,25,26);/q;+1. The fourth-order valence-electron chi connectivity index (χ4n) is 2.29. The van der Waals surface area contributed by atoms with Gasteiger partial charge in [-0.2, -0.15) is 22.0 Å². The summed E-state index contributed by atoms with van der Waals surface area (Å²) in [6.45, 7) is 0. The van der Waals surface area contributed by atoms with Gasteiger partial charge in [0, 0.05) is 17.7 Å². The van der Waals surface area contributed by atoms with E-state index in [2.05, 4.69) is 16.1 Å². The molecule has 0 aliphatic carbocycles. The third-order valence-corrected chi connectivity index (χ3v) is 5.31. The Morgan fingerprint density at radius 2 is 1.62 bits per heavy atom. The van der Waals surface area contributed by atoms with E-state index in [1.807, 2.05) is 0 Å². The minimum absolute atomic E-state index is 0. The summed E-state index contributed by atoms with van der Waals surface area (Å²) in [7, 11) is -9.58. The van der Waals surface area contributed by atoms with E-state index >= 15 is 0 Å². The van der Waals surface area contributed by atoms with Crippen molar-refractivity contribution >= 4 is 37.4 Å². The Balaban J connectivity index is 0.00000300. The van der Waals surface area contributed by atoms with Gasteiger partial charge in [-0.15, -0.1) is 10.6 Å². The largest absolute Gasteiger partial charge is 1.00 e. The van der Waals surface area contributed by atoms with Gasteiger partial charge in [0.05, 0.1) is 15.5 Å². The molecule has 16 heteroatoms. The fourth-order valence-corrected chi connectivity index (χ4v) is 3.59. The van der Waals surface area contributed by atoms with E-state index < -0.39 is 35.0 Å². The van der Waals surface area contributed by atoms with Crippen LogP contribution in [0.1, 0.15) is 5.56 Å². The van der Waals surface area contributed by atoms with Gasteiger partial charge in [-0.25, -0.2) is 0 Å². The monoisotopic (exact) mass is 452 g/mol. The van der Waals surface area contributed by atoms with E-state index in [4.69, 9.17) is 4.55 Å². The summed E-state index contributed by atoms with van der Waals surface area (Å²) >= 11 is 0. The molecule has 0 radical (unpaired) electrons. The molecule has 1 aliphatic rings. The number of rotatable bonds is 5. The number of benzene rings is 2. The molecule has 148 valence electrons. The van der Waals surface area contributed by atoms with Crippen molar-refractivity contribution in [2.75, 3.05) is 5.12 Å². The first-order chi connectivity index (χ1) is 13.0. The predicted molar refractivity (Wildman–Crippen MR) is 94.5 cm³/mol. The second-order valence-corrected chi connectivity index (χ2v) is 8.19. The first-order valence-corrected chi connectivity index (χ1v) is 10.1.